The third-order valence-electron chi connectivity index (χ3n) is 6.21. The summed E-state index contributed by atoms with van der Waals surface area (Å²) in [5, 5.41) is 5.73. The number of benzene rings is 4. The zero-order chi connectivity index (χ0) is 28.0. The van der Waals surface area contributed by atoms with E-state index in [0.29, 0.717) is 17.2 Å². The van der Waals surface area contributed by atoms with Crippen LogP contribution in [0.4, 0.5) is 0 Å². The summed E-state index contributed by atoms with van der Waals surface area (Å²) >= 11 is 9.74. The summed E-state index contributed by atoms with van der Waals surface area (Å²) in [5.74, 6) is 0.0443. The molecule has 4 rings (SSSR count). The third-order valence-corrected chi connectivity index (χ3v) is 7.28. The Morgan fingerprint density at radius 3 is 2.26 bits per heavy atom. The molecule has 0 saturated heterocycles. The highest BCUT2D eigenvalue weighted by Crippen LogP contribution is 2.33. The van der Waals surface area contributed by atoms with Crippen LogP contribution in [0.15, 0.2) is 95.5 Å². The molecule has 4 aromatic rings. The van der Waals surface area contributed by atoms with Crippen LogP contribution in [0.25, 0.3) is 10.8 Å². The first-order valence-electron chi connectivity index (χ1n) is 12.8. The van der Waals surface area contributed by atoms with Crippen molar-refractivity contribution in [2.45, 2.75) is 45.3 Å². The average molecular weight is 608 g/mol. The van der Waals surface area contributed by atoms with Gasteiger partial charge in [0.25, 0.3) is 5.91 Å². The van der Waals surface area contributed by atoms with Crippen molar-refractivity contribution in [3.63, 3.8) is 0 Å². The number of ether oxygens (including phenoxy) is 1. The largest absolute Gasteiger partial charge is 0.483 e. The summed E-state index contributed by atoms with van der Waals surface area (Å²) in [7, 11) is 0. The van der Waals surface area contributed by atoms with Crippen LogP contribution in [0.3, 0.4) is 0 Å². The molecular formula is C32H32BrClN2O3. The fourth-order valence-electron chi connectivity index (χ4n) is 4.34. The van der Waals surface area contributed by atoms with Crippen LogP contribution >= 0.6 is 27.5 Å². The van der Waals surface area contributed by atoms with E-state index in [4.69, 9.17) is 16.3 Å². The standard InChI is InChI=1S/C32H32BrClN2O3/c1-32(2,3)35-31(38)27(19-22-9-5-4-6-10-22)36(20-23-13-16-25(34)17-14-23)29(37)21-39-28-18-15-24-11-7-8-12-26(24)30(28)33/h4-18,27H,19-21H2,1-3H3,(H,35,38)/t27-/m1/s1. The Morgan fingerprint density at radius 2 is 1.56 bits per heavy atom. The van der Waals surface area contributed by atoms with Crippen molar-refractivity contribution in [3.05, 3.63) is 112 Å². The van der Waals surface area contributed by atoms with E-state index in [2.05, 4.69) is 21.2 Å². The highest BCUT2D eigenvalue weighted by Gasteiger charge is 2.32. The Morgan fingerprint density at radius 1 is 0.897 bits per heavy atom. The summed E-state index contributed by atoms with van der Waals surface area (Å²) in [5.41, 5.74) is 1.35. The zero-order valence-electron chi connectivity index (χ0n) is 22.3. The second-order valence-electron chi connectivity index (χ2n) is 10.5. The van der Waals surface area contributed by atoms with Crippen LogP contribution in [0.1, 0.15) is 31.9 Å². The maximum absolute atomic E-state index is 13.8. The fraction of sp³-hybridized carbons (Fsp3) is 0.250. The maximum Gasteiger partial charge on any atom is 0.261 e. The van der Waals surface area contributed by atoms with Gasteiger partial charge in [-0.25, -0.2) is 0 Å². The Kier molecular flexibility index (Phi) is 9.31. The quantitative estimate of drug-likeness (QED) is 0.219. The molecule has 4 aromatic carbocycles. The molecule has 5 nitrogen and oxygen atoms in total. The molecule has 0 bridgehead atoms. The van der Waals surface area contributed by atoms with Gasteiger partial charge in [-0.15, -0.1) is 0 Å². The molecule has 0 spiro atoms. The molecule has 0 aromatic heterocycles. The lowest BCUT2D eigenvalue weighted by atomic mass is 10.0. The first-order valence-corrected chi connectivity index (χ1v) is 14.0. The number of carbonyl (C=O) groups is 2. The van der Waals surface area contributed by atoms with Gasteiger partial charge in [-0.2, -0.15) is 0 Å². The monoisotopic (exact) mass is 606 g/mol. The Hall–Kier alpha value is -3.35. The molecule has 39 heavy (non-hydrogen) atoms. The molecule has 0 fully saturated rings. The number of fused-ring (bicyclic) bond motifs is 1. The lowest BCUT2D eigenvalue weighted by Crippen LogP contribution is -2.55. The van der Waals surface area contributed by atoms with Gasteiger partial charge < -0.3 is 15.0 Å². The SMILES string of the molecule is CC(C)(C)NC(=O)[C@@H](Cc1ccccc1)N(Cc1ccc(Cl)cc1)C(=O)COc1ccc2ccccc2c1Br. The number of amides is 2. The van der Waals surface area contributed by atoms with Gasteiger partial charge in [-0.3, -0.25) is 9.59 Å². The lowest BCUT2D eigenvalue weighted by Gasteiger charge is -2.33. The molecule has 0 heterocycles. The van der Waals surface area contributed by atoms with Crippen LogP contribution in [-0.4, -0.2) is 34.9 Å². The summed E-state index contributed by atoms with van der Waals surface area (Å²) in [6.45, 7) is 5.79. The Balaban J connectivity index is 1.65. The number of nitrogens with zero attached hydrogens (tertiary/aromatic N) is 1. The van der Waals surface area contributed by atoms with Crippen LogP contribution in [0, 0.1) is 0 Å². The Bertz CT molecular complexity index is 1440. The minimum Gasteiger partial charge on any atom is -0.483 e. The zero-order valence-corrected chi connectivity index (χ0v) is 24.6. The first kappa shape index (κ1) is 28.7. The van der Waals surface area contributed by atoms with Gasteiger partial charge in [0, 0.05) is 23.5 Å². The van der Waals surface area contributed by atoms with Gasteiger partial charge in [-0.05, 0) is 76.8 Å². The van der Waals surface area contributed by atoms with Crippen molar-refractivity contribution in [2.75, 3.05) is 6.61 Å². The van der Waals surface area contributed by atoms with E-state index in [1.54, 1.807) is 17.0 Å². The summed E-state index contributed by atoms with van der Waals surface area (Å²) in [4.78, 5) is 29.1. The van der Waals surface area contributed by atoms with Gasteiger partial charge in [-0.1, -0.05) is 84.4 Å². The molecule has 0 unspecified atom stereocenters. The van der Waals surface area contributed by atoms with Gasteiger partial charge >= 0.3 is 0 Å². The van der Waals surface area contributed by atoms with Gasteiger partial charge in [0.15, 0.2) is 6.61 Å². The Labute approximate surface area is 243 Å². The summed E-state index contributed by atoms with van der Waals surface area (Å²) in [6, 6.07) is 28.0. The van der Waals surface area contributed by atoms with Crippen molar-refractivity contribution in [2.24, 2.45) is 0 Å². The maximum atomic E-state index is 13.8. The number of carbonyl (C=O) groups excluding carboxylic acids is 2. The molecule has 0 aliphatic heterocycles. The second-order valence-corrected chi connectivity index (χ2v) is 11.7. The number of halogens is 2. The summed E-state index contributed by atoms with van der Waals surface area (Å²) < 4.78 is 6.82. The van der Waals surface area contributed by atoms with E-state index in [9.17, 15) is 9.59 Å². The van der Waals surface area contributed by atoms with Crippen LogP contribution in [0.5, 0.6) is 5.75 Å². The number of hydrogen-bond donors (Lipinski definition) is 1. The predicted octanol–water partition coefficient (Wildman–Crippen LogP) is 7.19. The van der Waals surface area contributed by atoms with Crippen LogP contribution in [-0.2, 0) is 22.6 Å². The molecule has 1 N–H and O–H groups in total. The summed E-state index contributed by atoms with van der Waals surface area (Å²) in [6.07, 6.45) is 0.363. The molecule has 0 aliphatic carbocycles. The molecule has 0 aliphatic rings. The first-order chi connectivity index (χ1) is 18.6. The second kappa shape index (κ2) is 12.7. The van der Waals surface area contributed by atoms with Crippen LogP contribution in [0.2, 0.25) is 5.02 Å². The number of hydrogen-bond acceptors (Lipinski definition) is 3. The predicted molar refractivity (Wildman–Crippen MR) is 161 cm³/mol. The highest BCUT2D eigenvalue weighted by atomic mass is 79.9. The molecule has 7 heteroatoms. The molecule has 1 atom stereocenters. The highest BCUT2D eigenvalue weighted by molar-refractivity contribution is 9.10. The van der Waals surface area contributed by atoms with E-state index in [1.807, 2.05) is 99.6 Å². The molecule has 0 saturated carbocycles. The topological polar surface area (TPSA) is 58.6 Å². The van der Waals surface area contributed by atoms with E-state index in [0.717, 1.165) is 26.4 Å². The third kappa shape index (κ3) is 7.84. The number of nitrogens with one attached hydrogen (secondary N) is 1. The molecule has 202 valence electrons. The van der Waals surface area contributed by atoms with Crippen molar-refractivity contribution < 1.29 is 14.3 Å². The van der Waals surface area contributed by atoms with Gasteiger partial charge in [0.05, 0.1) is 4.47 Å². The smallest absolute Gasteiger partial charge is 0.261 e. The molecule has 2 amide bonds. The minimum atomic E-state index is -0.751. The lowest BCUT2D eigenvalue weighted by molar-refractivity contribution is -0.143. The van der Waals surface area contributed by atoms with Gasteiger partial charge in [0.1, 0.15) is 11.8 Å². The van der Waals surface area contributed by atoms with E-state index >= 15 is 0 Å². The molecule has 0 radical (unpaired) electrons. The number of rotatable bonds is 9. The van der Waals surface area contributed by atoms with E-state index < -0.39 is 11.6 Å². The normalized spacial score (nSPS) is 12.1. The van der Waals surface area contributed by atoms with Crippen molar-refractivity contribution in [1.82, 2.24) is 10.2 Å². The van der Waals surface area contributed by atoms with Crippen molar-refractivity contribution in [1.29, 1.82) is 0 Å². The van der Waals surface area contributed by atoms with Crippen molar-refractivity contribution in [3.8, 4) is 5.75 Å². The van der Waals surface area contributed by atoms with Crippen molar-refractivity contribution >= 4 is 50.1 Å². The van der Waals surface area contributed by atoms with Crippen LogP contribution < -0.4 is 10.1 Å². The molecular weight excluding hydrogens is 576 g/mol. The van der Waals surface area contributed by atoms with E-state index in [-0.39, 0.29) is 25.0 Å². The minimum absolute atomic E-state index is 0.222. The van der Waals surface area contributed by atoms with E-state index in [1.165, 1.54) is 0 Å². The fourth-order valence-corrected chi connectivity index (χ4v) is 5.07. The van der Waals surface area contributed by atoms with Gasteiger partial charge in [0.2, 0.25) is 5.91 Å². The average Bonchev–Trinajstić information content (AvgIpc) is 2.91.